The summed E-state index contributed by atoms with van der Waals surface area (Å²) in [5.74, 6) is 2.43. The van der Waals surface area contributed by atoms with Gasteiger partial charge in [0.05, 0.1) is 26.4 Å². The van der Waals surface area contributed by atoms with Crippen LogP contribution in [0.5, 0.6) is 11.5 Å². The van der Waals surface area contributed by atoms with E-state index in [1.54, 1.807) is 25.6 Å². The Kier molecular flexibility index (Phi) is 8.71. The molecule has 1 atom stereocenters. The molecule has 2 aromatic heterocycles. The molecule has 1 unspecified atom stereocenters. The van der Waals surface area contributed by atoms with Crippen LogP contribution in [0.25, 0.3) is 17.1 Å². The third-order valence-corrected chi connectivity index (χ3v) is 8.61. The van der Waals surface area contributed by atoms with Gasteiger partial charge >= 0.3 is 0 Å². The number of benzene rings is 2. The average molecular weight is 578 g/mol. The van der Waals surface area contributed by atoms with Gasteiger partial charge in [0, 0.05) is 41.8 Å². The van der Waals surface area contributed by atoms with Gasteiger partial charge in [0.25, 0.3) is 0 Å². The van der Waals surface area contributed by atoms with Crippen LogP contribution in [-0.4, -0.2) is 82.0 Å². The predicted octanol–water partition coefficient (Wildman–Crippen LogP) is 4.41. The summed E-state index contributed by atoms with van der Waals surface area (Å²) < 4.78 is 12.7. The number of thioether (sulfide) groups is 1. The SMILES string of the molecule is COc1ccc(-n2c(SCC(=O)N3CCN(C(=O)Cc4cccs4)C(C)C3)nnc2-c2cccc(OC)c2)cc1. The number of thiophene rings is 1. The lowest BCUT2D eigenvalue weighted by atomic mass is 10.1. The van der Waals surface area contributed by atoms with Crippen LogP contribution in [0.15, 0.2) is 71.2 Å². The number of piperazine rings is 1. The second kappa shape index (κ2) is 12.6. The van der Waals surface area contributed by atoms with E-state index in [1.807, 2.05) is 87.3 Å². The highest BCUT2D eigenvalue weighted by atomic mass is 32.2. The van der Waals surface area contributed by atoms with E-state index < -0.39 is 0 Å². The molecule has 0 radical (unpaired) electrons. The largest absolute Gasteiger partial charge is 0.497 e. The van der Waals surface area contributed by atoms with Crippen LogP contribution in [0, 0.1) is 0 Å². The fraction of sp³-hybridized carbons (Fsp3) is 0.310. The van der Waals surface area contributed by atoms with Gasteiger partial charge in [0.15, 0.2) is 11.0 Å². The van der Waals surface area contributed by atoms with Crippen molar-refractivity contribution in [2.45, 2.75) is 24.5 Å². The fourth-order valence-electron chi connectivity index (χ4n) is 4.71. The van der Waals surface area contributed by atoms with E-state index in [9.17, 15) is 9.59 Å². The van der Waals surface area contributed by atoms with Gasteiger partial charge in [-0.05, 0) is 54.8 Å². The number of carbonyl (C=O) groups excluding carboxylic acids is 2. The summed E-state index contributed by atoms with van der Waals surface area (Å²) in [6.07, 6.45) is 0.405. The molecular formula is C29H31N5O4S2. The van der Waals surface area contributed by atoms with Gasteiger partial charge in [0.2, 0.25) is 11.8 Å². The number of hydrogen-bond acceptors (Lipinski definition) is 8. The Labute approximate surface area is 241 Å². The highest BCUT2D eigenvalue weighted by Crippen LogP contribution is 2.31. The Morgan fingerprint density at radius 1 is 0.975 bits per heavy atom. The van der Waals surface area contributed by atoms with Gasteiger partial charge in [-0.15, -0.1) is 21.5 Å². The fourth-order valence-corrected chi connectivity index (χ4v) is 6.26. The Morgan fingerprint density at radius 2 is 1.77 bits per heavy atom. The van der Waals surface area contributed by atoms with E-state index in [0.717, 1.165) is 21.9 Å². The standard InChI is InChI=1S/C29H31N5O4S2/c1-20-18-32(13-14-33(20)26(35)17-25-8-5-15-39-25)27(36)19-40-29-31-30-28(21-6-4-7-24(16-21)38-3)34(29)22-9-11-23(37-2)12-10-22/h4-12,15-16,20H,13-14,17-19H2,1-3H3. The zero-order chi connectivity index (χ0) is 28.1. The molecule has 1 aliphatic heterocycles. The number of ether oxygens (including phenoxy) is 2. The van der Waals surface area contributed by atoms with Gasteiger partial charge in [-0.2, -0.15) is 0 Å². The minimum atomic E-state index is -0.0437. The van der Waals surface area contributed by atoms with Crippen molar-refractivity contribution in [1.82, 2.24) is 24.6 Å². The number of aromatic nitrogens is 3. The van der Waals surface area contributed by atoms with Crippen molar-refractivity contribution in [1.29, 1.82) is 0 Å². The first-order valence-corrected chi connectivity index (χ1v) is 14.8. The van der Waals surface area contributed by atoms with Gasteiger partial charge in [-0.25, -0.2) is 0 Å². The first kappa shape index (κ1) is 27.7. The van der Waals surface area contributed by atoms with E-state index in [-0.39, 0.29) is 23.6 Å². The van der Waals surface area contributed by atoms with Crippen molar-refractivity contribution >= 4 is 34.9 Å². The van der Waals surface area contributed by atoms with E-state index in [2.05, 4.69) is 10.2 Å². The summed E-state index contributed by atoms with van der Waals surface area (Å²) >= 11 is 2.94. The topological polar surface area (TPSA) is 89.8 Å². The van der Waals surface area contributed by atoms with Crippen molar-refractivity contribution in [2.24, 2.45) is 0 Å². The van der Waals surface area contributed by atoms with Crippen molar-refractivity contribution in [3.63, 3.8) is 0 Å². The quantitative estimate of drug-likeness (QED) is 0.272. The van der Waals surface area contributed by atoms with Crippen molar-refractivity contribution in [3.05, 3.63) is 70.9 Å². The molecule has 9 nitrogen and oxygen atoms in total. The lowest BCUT2D eigenvalue weighted by Crippen LogP contribution is -2.56. The Balaban J connectivity index is 1.29. The molecule has 40 heavy (non-hydrogen) atoms. The molecule has 1 aliphatic rings. The van der Waals surface area contributed by atoms with Gasteiger partial charge < -0.3 is 19.3 Å². The van der Waals surface area contributed by atoms with Crippen LogP contribution in [0.2, 0.25) is 0 Å². The number of carbonyl (C=O) groups is 2. The van der Waals surface area contributed by atoms with Crippen LogP contribution in [0.3, 0.4) is 0 Å². The van der Waals surface area contributed by atoms with E-state index in [1.165, 1.54) is 11.8 Å². The molecule has 0 spiro atoms. The molecule has 0 aliphatic carbocycles. The van der Waals surface area contributed by atoms with E-state index >= 15 is 0 Å². The number of hydrogen-bond donors (Lipinski definition) is 0. The highest BCUT2D eigenvalue weighted by molar-refractivity contribution is 7.99. The molecule has 4 aromatic rings. The summed E-state index contributed by atoms with van der Waals surface area (Å²) in [6, 6.07) is 19.2. The minimum Gasteiger partial charge on any atom is -0.497 e. The third-order valence-electron chi connectivity index (χ3n) is 6.82. The van der Waals surface area contributed by atoms with Crippen molar-refractivity contribution < 1.29 is 19.1 Å². The maximum Gasteiger partial charge on any atom is 0.233 e. The van der Waals surface area contributed by atoms with Crippen LogP contribution >= 0.6 is 23.1 Å². The second-order valence-electron chi connectivity index (χ2n) is 9.39. The van der Waals surface area contributed by atoms with Crippen LogP contribution < -0.4 is 9.47 Å². The normalized spacial score (nSPS) is 15.2. The summed E-state index contributed by atoms with van der Waals surface area (Å²) in [5, 5.41) is 11.5. The molecular weight excluding hydrogens is 546 g/mol. The average Bonchev–Trinajstić information content (AvgIpc) is 3.66. The molecule has 0 saturated carbocycles. The molecule has 5 rings (SSSR count). The van der Waals surface area contributed by atoms with Gasteiger partial charge in [0.1, 0.15) is 11.5 Å². The molecule has 3 heterocycles. The third kappa shape index (κ3) is 6.15. The zero-order valence-corrected chi connectivity index (χ0v) is 24.3. The second-order valence-corrected chi connectivity index (χ2v) is 11.4. The van der Waals surface area contributed by atoms with E-state index in [4.69, 9.17) is 9.47 Å². The Bertz CT molecular complexity index is 1460. The van der Waals surface area contributed by atoms with Gasteiger partial charge in [-0.1, -0.05) is 30.0 Å². The number of methoxy groups -OCH3 is 2. The van der Waals surface area contributed by atoms with Crippen molar-refractivity contribution in [3.8, 4) is 28.6 Å². The number of rotatable bonds is 9. The molecule has 208 valence electrons. The summed E-state index contributed by atoms with van der Waals surface area (Å²) in [4.78, 5) is 30.9. The summed E-state index contributed by atoms with van der Waals surface area (Å²) in [6.45, 7) is 3.55. The van der Waals surface area contributed by atoms with Crippen LogP contribution in [0.1, 0.15) is 11.8 Å². The van der Waals surface area contributed by atoms with E-state index in [0.29, 0.717) is 42.8 Å². The number of nitrogens with zero attached hydrogens (tertiary/aromatic N) is 5. The molecule has 2 amide bonds. The first-order chi connectivity index (χ1) is 19.5. The molecule has 0 N–H and O–H groups in total. The molecule has 1 saturated heterocycles. The maximum atomic E-state index is 13.3. The maximum absolute atomic E-state index is 13.3. The number of amides is 2. The lowest BCUT2D eigenvalue weighted by molar-refractivity contribution is -0.140. The molecule has 2 aromatic carbocycles. The Hall–Kier alpha value is -3.83. The first-order valence-electron chi connectivity index (χ1n) is 12.9. The smallest absolute Gasteiger partial charge is 0.233 e. The molecule has 1 fully saturated rings. The van der Waals surface area contributed by atoms with Crippen molar-refractivity contribution in [2.75, 3.05) is 39.6 Å². The predicted molar refractivity (Wildman–Crippen MR) is 156 cm³/mol. The minimum absolute atomic E-state index is 0.00872. The van der Waals surface area contributed by atoms with Crippen LogP contribution in [0.4, 0.5) is 0 Å². The highest BCUT2D eigenvalue weighted by Gasteiger charge is 2.30. The summed E-state index contributed by atoms with van der Waals surface area (Å²) in [5.41, 5.74) is 1.70. The monoisotopic (exact) mass is 577 g/mol. The zero-order valence-electron chi connectivity index (χ0n) is 22.6. The van der Waals surface area contributed by atoms with Gasteiger partial charge in [-0.3, -0.25) is 14.2 Å². The Morgan fingerprint density at radius 3 is 2.48 bits per heavy atom. The lowest BCUT2D eigenvalue weighted by Gasteiger charge is -2.40. The molecule has 0 bridgehead atoms. The molecule has 11 heteroatoms. The summed E-state index contributed by atoms with van der Waals surface area (Å²) in [7, 11) is 3.25. The van der Waals surface area contributed by atoms with Crippen LogP contribution in [-0.2, 0) is 16.0 Å².